The summed E-state index contributed by atoms with van der Waals surface area (Å²) in [6.07, 6.45) is 5.44. The van der Waals surface area contributed by atoms with Crippen molar-refractivity contribution in [1.29, 1.82) is 0 Å². The van der Waals surface area contributed by atoms with Gasteiger partial charge in [-0.2, -0.15) is 0 Å². The van der Waals surface area contributed by atoms with Gasteiger partial charge in [0.05, 0.1) is 11.7 Å². The maximum atomic E-state index is 13.1. The molecule has 25 heavy (non-hydrogen) atoms. The van der Waals surface area contributed by atoms with Crippen LogP contribution in [0.2, 0.25) is 0 Å². The Labute approximate surface area is 148 Å². The molecule has 1 atom stereocenters. The van der Waals surface area contributed by atoms with Gasteiger partial charge >= 0.3 is 0 Å². The maximum absolute atomic E-state index is 13.1. The molecule has 0 aliphatic carbocycles. The molecule has 2 aromatic rings. The van der Waals surface area contributed by atoms with Crippen LogP contribution < -0.4 is 0 Å². The summed E-state index contributed by atoms with van der Waals surface area (Å²) in [6, 6.07) is 14.1. The zero-order chi connectivity index (χ0) is 17.1. The van der Waals surface area contributed by atoms with Crippen molar-refractivity contribution in [2.75, 3.05) is 19.8 Å². The summed E-state index contributed by atoms with van der Waals surface area (Å²) in [7, 11) is 0. The number of halogens is 1. The molecular formula is C21H25FN2O. The molecule has 3 nitrogen and oxygen atoms in total. The second-order valence-corrected chi connectivity index (χ2v) is 7.10. The Morgan fingerprint density at radius 3 is 2.64 bits per heavy atom. The van der Waals surface area contributed by atoms with E-state index in [1.165, 1.54) is 37.2 Å². The Morgan fingerprint density at radius 1 is 1.04 bits per heavy atom. The number of aromatic nitrogens is 1. The summed E-state index contributed by atoms with van der Waals surface area (Å²) in [6.45, 7) is 2.93. The fourth-order valence-electron chi connectivity index (χ4n) is 4.15. The highest BCUT2D eigenvalue weighted by molar-refractivity contribution is 5.24. The van der Waals surface area contributed by atoms with Gasteiger partial charge in [-0.25, -0.2) is 4.39 Å². The van der Waals surface area contributed by atoms with Gasteiger partial charge < -0.3 is 4.74 Å². The van der Waals surface area contributed by atoms with Gasteiger partial charge in [-0.05, 0) is 62.1 Å². The number of benzene rings is 1. The Balaban J connectivity index is 1.50. The van der Waals surface area contributed by atoms with Crippen molar-refractivity contribution in [3.8, 4) is 0 Å². The van der Waals surface area contributed by atoms with Gasteiger partial charge in [-0.15, -0.1) is 0 Å². The zero-order valence-electron chi connectivity index (χ0n) is 14.5. The summed E-state index contributed by atoms with van der Waals surface area (Å²) >= 11 is 0. The van der Waals surface area contributed by atoms with E-state index in [1.807, 2.05) is 12.1 Å². The quantitative estimate of drug-likeness (QED) is 0.837. The minimum absolute atomic E-state index is 0.191. The van der Waals surface area contributed by atoms with E-state index in [1.54, 1.807) is 0 Å². The minimum atomic E-state index is -0.191. The summed E-state index contributed by atoms with van der Waals surface area (Å²) in [5, 5.41) is 0. The highest BCUT2D eigenvalue weighted by atomic mass is 19.1. The first-order chi connectivity index (χ1) is 12.3. The Bertz CT molecular complexity index is 697. The Kier molecular flexibility index (Phi) is 5.09. The first kappa shape index (κ1) is 16.7. The van der Waals surface area contributed by atoms with Gasteiger partial charge in [0, 0.05) is 31.4 Å². The van der Waals surface area contributed by atoms with E-state index in [2.05, 4.69) is 23.1 Å². The van der Waals surface area contributed by atoms with Crippen LogP contribution in [0.3, 0.4) is 0 Å². The molecule has 2 fully saturated rings. The third-order valence-electron chi connectivity index (χ3n) is 5.42. The standard InChI is InChI=1S/C21H25FN2O/c22-17-8-6-16(7-9-17)15-18-3-1-4-20(23-18)21-5-2-12-24(21)19-10-13-25-14-11-19/h1,3-4,6-9,19,21H,2,5,10-15H2/t21-/m0/s1. The SMILES string of the molecule is Fc1ccc(Cc2cccc([C@@H]3CCCN3C3CCOCC3)n2)cc1. The van der Waals surface area contributed by atoms with Crippen molar-refractivity contribution in [3.05, 3.63) is 65.2 Å². The number of ether oxygens (including phenoxy) is 1. The fourth-order valence-corrected chi connectivity index (χ4v) is 4.15. The monoisotopic (exact) mass is 340 g/mol. The van der Waals surface area contributed by atoms with Gasteiger partial charge in [-0.1, -0.05) is 18.2 Å². The molecule has 0 saturated carbocycles. The number of nitrogens with zero attached hydrogens (tertiary/aromatic N) is 2. The molecular weight excluding hydrogens is 315 g/mol. The molecule has 2 aliphatic rings. The summed E-state index contributed by atoms with van der Waals surface area (Å²) in [4.78, 5) is 7.60. The Morgan fingerprint density at radius 2 is 1.84 bits per heavy atom. The third kappa shape index (κ3) is 3.91. The third-order valence-corrected chi connectivity index (χ3v) is 5.42. The second kappa shape index (κ2) is 7.63. The first-order valence-corrected chi connectivity index (χ1v) is 9.33. The van der Waals surface area contributed by atoms with Crippen molar-refractivity contribution in [1.82, 2.24) is 9.88 Å². The zero-order valence-corrected chi connectivity index (χ0v) is 14.5. The van der Waals surface area contributed by atoms with Crippen LogP contribution in [-0.4, -0.2) is 35.7 Å². The van der Waals surface area contributed by atoms with E-state index in [0.29, 0.717) is 12.1 Å². The van der Waals surface area contributed by atoms with E-state index in [-0.39, 0.29) is 5.82 Å². The highest BCUT2D eigenvalue weighted by Crippen LogP contribution is 2.35. The predicted octanol–water partition coefficient (Wildman–Crippen LogP) is 4.13. The lowest BCUT2D eigenvalue weighted by atomic mass is 10.0. The van der Waals surface area contributed by atoms with Crippen molar-refractivity contribution in [2.45, 2.75) is 44.2 Å². The van der Waals surface area contributed by atoms with E-state index < -0.39 is 0 Å². The molecule has 2 aliphatic heterocycles. The van der Waals surface area contributed by atoms with Gasteiger partial charge in [0.2, 0.25) is 0 Å². The molecule has 0 unspecified atom stereocenters. The van der Waals surface area contributed by atoms with Gasteiger partial charge in [0.25, 0.3) is 0 Å². The molecule has 1 aromatic heterocycles. The van der Waals surface area contributed by atoms with Crippen molar-refractivity contribution < 1.29 is 9.13 Å². The van der Waals surface area contributed by atoms with Crippen LogP contribution in [0.25, 0.3) is 0 Å². The summed E-state index contributed by atoms with van der Waals surface area (Å²) in [5.41, 5.74) is 3.34. The van der Waals surface area contributed by atoms with E-state index in [4.69, 9.17) is 9.72 Å². The first-order valence-electron chi connectivity index (χ1n) is 9.33. The highest BCUT2D eigenvalue weighted by Gasteiger charge is 2.33. The van der Waals surface area contributed by atoms with Crippen LogP contribution in [-0.2, 0) is 11.2 Å². The smallest absolute Gasteiger partial charge is 0.123 e. The van der Waals surface area contributed by atoms with Crippen molar-refractivity contribution in [3.63, 3.8) is 0 Å². The van der Waals surface area contributed by atoms with Gasteiger partial charge in [0.15, 0.2) is 0 Å². The fraction of sp³-hybridized carbons (Fsp3) is 0.476. The number of hydrogen-bond acceptors (Lipinski definition) is 3. The van der Waals surface area contributed by atoms with Crippen LogP contribution in [0.4, 0.5) is 4.39 Å². The average molecular weight is 340 g/mol. The van der Waals surface area contributed by atoms with E-state index >= 15 is 0 Å². The number of pyridine rings is 1. The molecule has 0 spiro atoms. The lowest BCUT2D eigenvalue weighted by Gasteiger charge is -2.35. The van der Waals surface area contributed by atoms with Crippen LogP contribution in [0.15, 0.2) is 42.5 Å². The van der Waals surface area contributed by atoms with Crippen LogP contribution in [0.5, 0.6) is 0 Å². The van der Waals surface area contributed by atoms with Crippen LogP contribution in [0, 0.1) is 5.82 Å². The molecule has 0 N–H and O–H groups in total. The lowest BCUT2D eigenvalue weighted by Crippen LogP contribution is -2.39. The summed E-state index contributed by atoms with van der Waals surface area (Å²) in [5.74, 6) is -0.191. The number of hydrogen-bond donors (Lipinski definition) is 0. The van der Waals surface area contributed by atoms with Crippen LogP contribution in [0.1, 0.15) is 48.7 Å². The van der Waals surface area contributed by atoms with Gasteiger partial charge in [-0.3, -0.25) is 9.88 Å². The lowest BCUT2D eigenvalue weighted by molar-refractivity contribution is 0.0285. The molecule has 4 rings (SSSR count). The van der Waals surface area contributed by atoms with Gasteiger partial charge in [0.1, 0.15) is 5.82 Å². The molecule has 0 bridgehead atoms. The minimum Gasteiger partial charge on any atom is -0.381 e. The number of likely N-dealkylation sites (tertiary alicyclic amines) is 1. The second-order valence-electron chi connectivity index (χ2n) is 7.10. The molecule has 3 heterocycles. The van der Waals surface area contributed by atoms with E-state index in [9.17, 15) is 4.39 Å². The largest absolute Gasteiger partial charge is 0.381 e. The predicted molar refractivity (Wildman–Crippen MR) is 96.0 cm³/mol. The normalized spacial score (nSPS) is 22.4. The summed E-state index contributed by atoms with van der Waals surface area (Å²) < 4.78 is 18.6. The van der Waals surface area contributed by atoms with E-state index in [0.717, 1.165) is 43.7 Å². The number of rotatable bonds is 4. The molecule has 1 aromatic carbocycles. The van der Waals surface area contributed by atoms with Crippen LogP contribution >= 0.6 is 0 Å². The molecule has 132 valence electrons. The molecule has 0 amide bonds. The average Bonchev–Trinajstić information content (AvgIpc) is 3.15. The molecule has 2 saturated heterocycles. The topological polar surface area (TPSA) is 25.4 Å². The molecule has 4 heteroatoms. The van der Waals surface area contributed by atoms with Crippen molar-refractivity contribution in [2.24, 2.45) is 0 Å². The molecule has 0 radical (unpaired) electrons. The van der Waals surface area contributed by atoms with Crippen molar-refractivity contribution >= 4 is 0 Å². The maximum Gasteiger partial charge on any atom is 0.123 e. The Hall–Kier alpha value is -1.78.